The molecule has 13 heavy (non-hydrogen) atoms. The molecule has 1 fully saturated rings. The van der Waals surface area contributed by atoms with Crippen molar-refractivity contribution in [3.63, 3.8) is 0 Å². The second-order valence-corrected chi connectivity index (χ2v) is 4.51. The maximum Gasteiger partial charge on any atom is 0.0534 e. The molecule has 78 valence electrons. The second kappa shape index (κ2) is 5.87. The zero-order valence-electron chi connectivity index (χ0n) is 8.65. The van der Waals surface area contributed by atoms with E-state index in [2.05, 4.69) is 6.92 Å². The van der Waals surface area contributed by atoms with E-state index in [0.717, 1.165) is 19.1 Å². The molecule has 0 aromatic rings. The van der Waals surface area contributed by atoms with Crippen molar-refractivity contribution in [2.24, 2.45) is 5.41 Å². The van der Waals surface area contributed by atoms with Crippen LogP contribution in [0.15, 0.2) is 0 Å². The van der Waals surface area contributed by atoms with Gasteiger partial charge in [0, 0.05) is 17.9 Å². The number of ether oxygens (including phenoxy) is 1. The number of unbranched alkanes of at least 4 members (excludes halogenated alkanes) is 3. The van der Waals surface area contributed by atoms with Crippen LogP contribution in [0.3, 0.4) is 0 Å². The van der Waals surface area contributed by atoms with Crippen LogP contribution in [0.1, 0.15) is 45.4 Å². The van der Waals surface area contributed by atoms with Gasteiger partial charge in [-0.25, -0.2) is 0 Å². The Hall–Kier alpha value is 0.250. The zero-order chi connectivity index (χ0) is 9.57. The first-order valence-electron chi connectivity index (χ1n) is 5.47. The Balaban J connectivity index is 2.16. The fourth-order valence-corrected chi connectivity index (χ4v) is 2.29. The first-order chi connectivity index (χ1) is 6.33. The van der Waals surface area contributed by atoms with E-state index >= 15 is 0 Å². The Kier molecular flexibility index (Phi) is 5.12. The average Bonchev–Trinajstić information content (AvgIpc) is 2.62. The van der Waals surface area contributed by atoms with E-state index in [0.29, 0.717) is 5.41 Å². The summed E-state index contributed by atoms with van der Waals surface area (Å²) in [5.74, 6) is 0.777. The average molecular weight is 205 g/mol. The second-order valence-electron chi connectivity index (χ2n) is 4.25. The van der Waals surface area contributed by atoms with E-state index in [-0.39, 0.29) is 0 Å². The first-order valence-corrected chi connectivity index (χ1v) is 6.00. The van der Waals surface area contributed by atoms with Crippen molar-refractivity contribution in [3.05, 3.63) is 0 Å². The summed E-state index contributed by atoms with van der Waals surface area (Å²) in [5, 5.41) is 0. The van der Waals surface area contributed by atoms with Crippen LogP contribution in [-0.2, 0) is 4.74 Å². The third kappa shape index (κ3) is 3.47. The van der Waals surface area contributed by atoms with Crippen LogP contribution >= 0.6 is 11.6 Å². The molecule has 1 nitrogen and oxygen atoms in total. The molecule has 0 aromatic carbocycles. The monoisotopic (exact) mass is 204 g/mol. The van der Waals surface area contributed by atoms with Crippen LogP contribution < -0.4 is 0 Å². The van der Waals surface area contributed by atoms with Crippen molar-refractivity contribution in [1.29, 1.82) is 0 Å². The fraction of sp³-hybridized carbons (Fsp3) is 1.00. The zero-order valence-corrected chi connectivity index (χ0v) is 9.41. The molecule has 1 aliphatic rings. The van der Waals surface area contributed by atoms with Gasteiger partial charge in [-0.3, -0.25) is 0 Å². The number of halogens is 1. The highest BCUT2D eigenvalue weighted by Crippen LogP contribution is 2.35. The Morgan fingerprint density at radius 3 is 2.69 bits per heavy atom. The third-order valence-corrected chi connectivity index (χ3v) is 3.60. The van der Waals surface area contributed by atoms with Crippen molar-refractivity contribution >= 4 is 11.6 Å². The molecular formula is C11H21ClO. The highest BCUT2D eigenvalue weighted by atomic mass is 35.5. The Morgan fingerprint density at radius 1 is 1.31 bits per heavy atom. The topological polar surface area (TPSA) is 9.23 Å². The lowest BCUT2D eigenvalue weighted by Gasteiger charge is -2.24. The normalized spacial score (nSPS) is 28.2. The van der Waals surface area contributed by atoms with Gasteiger partial charge in [-0.1, -0.05) is 32.6 Å². The molecule has 1 aliphatic heterocycles. The predicted octanol–water partition coefficient (Wildman–Crippen LogP) is 3.60. The highest BCUT2D eigenvalue weighted by Gasteiger charge is 2.33. The molecule has 1 atom stereocenters. The molecule has 1 heterocycles. The summed E-state index contributed by atoms with van der Waals surface area (Å²) in [6.45, 7) is 4.05. The van der Waals surface area contributed by atoms with Gasteiger partial charge in [-0.15, -0.1) is 11.6 Å². The van der Waals surface area contributed by atoms with Gasteiger partial charge in [-0.05, 0) is 12.8 Å². The summed E-state index contributed by atoms with van der Waals surface area (Å²) < 4.78 is 5.42. The summed E-state index contributed by atoms with van der Waals surface area (Å²) in [6.07, 6.45) is 7.78. The van der Waals surface area contributed by atoms with Crippen LogP contribution in [0.2, 0.25) is 0 Å². The lowest BCUT2D eigenvalue weighted by molar-refractivity contribution is 0.155. The smallest absolute Gasteiger partial charge is 0.0534 e. The lowest BCUT2D eigenvalue weighted by atomic mass is 9.84. The Morgan fingerprint density at radius 2 is 2.15 bits per heavy atom. The molecule has 0 radical (unpaired) electrons. The number of rotatable bonds is 6. The van der Waals surface area contributed by atoms with Crippen molar-refractivity contribution in [2.75, 3.05) is 19.1 Å². The van der Waals surface area contributed by atoms with Gasteiger partial charge in [0.2, 0.25) is 0 Å². The summed E-state index contributed by atoms with van der Waals surface area (Å²) in [6, 6.07) is 0. The molecule has 0 aliphatic carbocycles. The summed E-state index contributed by atoms with van der Waals surface area (Å²) in [5.41, 5.74) is 0.329. The largest absolute Gasteiger partial charge is 0.381 e. The maximum absolute atomic E-state index is 6.00. The molecular weight excluding hydrogens is 184 g/mol. The molecule has 0 spiro atoms. The van der Waals surface area contributed by atoms with Crippen molar-refractivity contribution < 1.29 is 4.74 Å². The lowest BCUT2D eigenvalue weighted by Crippen LogP contribution is -2.22. The van der Waals surface area contributed by atoms with E-state index < -0.39 is 0 Å². The molecule has 0 aromatic heterocycles. The first kappa shape index (κ1) is 11.3. The Bertz CT molecular complexity index is 130. The SMILES string of the molecule is CCCCCCC1(CCl)CCOC1. The minimum Gasteiger partial charge on any atom is -0.381 e. The van der Waals surface area contributed by atoms with Crippen LogP contribution in [-0.4, -0.2) is 19.1 Å². The minimum absolute atomic E-state index is 0.329. The van der Waals surface area contributed by atoms with E-state index in [1.165, 1.54) is 38.5 Å². The van der Waals surface area contributed by atoms with Crippen molar-refractivity contribution in [1.82, 2.24) is 0 Å². The van der Waals surface area contributed by atoms with Gasteiger partial charge in [0.1, 0.15) is 0 Å². The maximum atomic E-state index is 6.00. The van der Waals surface area contributed by atoms with E-state index in [4.69, 9.17) is 16.3 Å². The highest BCUT2D eigenvalue weighted by molar-refractivity contribution is 6.18. The quantitative estimate of drug-likeness (QED) is 0.475. The number of hydrogen-bond acceptors (Lipinski definition) is 1. The molecule has 2 heteroatoms. The predicted molar refractivity (Wildman–Crippen MR) is 57.3 cm³/mol. The van der Waals surface area contributed by atoms with E-state index in [9.17, 15) is 0 Å². The molecule has 0 saturated carbocycles. The molecule has 0 bridgehead atoms. The van der Waals surface area contributed by atoms with Gasteiger partial charge < -0.3 is 4.74 Å². The van der Waals surface area contributed by atoms with Crippen LogP contribution in [0.25, 0.3) is 0 Å². The van der Waals surface area contributed by atoms with E-state index in [1.54, 1.807) is 0 Å². The summed E-state index contributed by atoms with van der Waals surface area (Å²) >= 11 is 6.00. The van der Waals surface area contributed by atoms with E-state index in [1.807, 2.05) is 0 Å². The standard InChI is InChI=1S/C11H21ClO/c1-2-3-4-5-6-11(9-12)7-8-13-10-11/h2-10H2,1H3. The molecule has 0 amide bonds. The number of alkyl halides is 1. The van der Waals surface area contributed by atoms with Crippen LogP contribution in [0.4, 0.5) is 0 Å². The van der Waals surface area contributed by atoms with Crippen LogP contribution in [0.5, 0.6) is 0 Å². The van der Waals surface area contributed by atoms with Gasteiger partial charge in [0.05, 0.1) is 6.61 Å². The minimum atomic E-state index is 0.329. The van der Waals surface area contributed by atoms with Gasteiger partial charge in [0.25, 0.3) is 0 Å². The van der Waals surface area contributed by atoms with Crippen molar-refractivity contribution in [3.8, 4) is 0 Å². The molecule has 0 N–H and O–H groups in total. The molecule has 1 unspecified atom stereocenters. The number of hydrogen-bond donors (Lipinski definition) is 0. The van der Waals surface area contributed by atoms with Gasteiger partial charge >= 0.3 is 0 Å². The molecule has 1 rings (SSSR count). The fourth-order valence-electron chi connectivity index (χ4n) is 1.95. The van der Waals surface area contributed by atoms with Gasteiger partial charge in [0.15, 0.2) is 0 Å². The van der Waals surface area contributed by atoms with Crippen LogP contribution in [0, 0.1) is 5.41 Å². The summed E-state index contributed by atoms with van der Waals surface area (Å²) in [7, 11) is 0. The third-order valence-electron chi connectivity index (χ3n) is 3.03. The van der Waals surface area contributed by atoms with Crippen molar-refractivity contribution in [2.45, 2.75) is 45.4 Å². The Labute approximate surface area is 86.8 Å². The van der Waals surface area contributed by atoms with Gasteiger partial charge in [-0.2, -0.15) is 0 Å². The molecule has 1 saturated heterocycles. The summed E-state index contributed by atoms with van der Waals surface area (Å²) in [4.78, 5) is 0.